The third-order valence-corrected chi connectivity index (χ3v) is 9.11. The number of allylic oxidation sites excluding steroid dienone is 6. The summed E-state index contributed by atoms with van der Waals surface area (Å²) in [7, 11) is 5.90. The number of quaternary nitrogens is 1. The molecule has 0 fully saturated rings. The third-order valence-electron chi connectivity index (χ3n) is 9.11. The lowest BCUT2D eigenvalue weighted by atomic mass is 10.1. The molecular weight excluding hydrogens is 682 g/mol. The Labute approximate surface area is 330 Å². The van der Waals surface area contributed by atoms with Gasteiger partial charge in [-0.2, -0.15) is 0 Å². The van der Waals surface area contributed by atoms with Crippen molar-refractivity contribution in [3.05, 3.63) is 36.5 Å². The number of carboxylic acid groups (broad SMARTS) is 1. The molecule has 0 rings (SSSR count). The minimum absolute atomic E-state index is 0.144. The lowest BCUT2D eigenvalue weighted by Gasteiger charge is -2.26. The number of aliphatic carboxylic acids is 1. The highest BCUT2D eigenvalue weighted by Crippen LogP contribution is 2.13. The molecule has 0 radical (unpaired) electrons. The third kappa shape index (κ3) is 37.8. The van der Waals surface area contributed by atoms with Crippen molar-refractivity contribution >= 4 is 17.9 Å². The Bertz CT molecular complexity index is 987. The van der Waals surface area contributed by atoms with Crippen molar-refractivity contribution in [3.8, 4) is 0 Å². The molecule has 0 spiro atoms. The van der Waals surface area contributed by atoms with Crippen molar-refractivity contribution in [1.82, 2.24) is 0 Å². The van der Waals surface area contributed by atoms with Gasteiger partial charge >= 0.3 is 11.9 Å². The Balaban J connectivity index is 4.48. The van der Waals surface area contributed by atoms with Gasteiger partial charge in [0.2, 0.25) is 0 Å². The standard InChI is InChI=1S/C45H81NO8/c1-6-8-10-12-14-16-18-20-21-22-23-24-26-28-30-32-34-36-43(48)54-41(40-53-45(44(49)50)51-38-37-46(3,4)5)39-52-42(47)35-33-31-29-27-25-19-17-15-13-11-9-7-2/h14-17,20-21,41,45H,6-13,18-19,22-40H2,1-5H3/b16-14-,17-15-,21-20-. The molecule has 2 unspecified atom stereocenters. The smallest absolute Gasteiger partial charge is 0.306 e. The number of carbonyl (C=O) groups excluding carboxylic acids is 3. The maximum atomic E-state index is 12.7. The van der Waals surface area contributed by atoms with Gasteiger partial charge in [0, 0.05) is 12.8 Å². The number of hydrogen-bond acceptors (Lipinski definition) is 8. The van der Waals surface area contributed by atoms with E-state index in [1.165, 1.54) is 70.6 Å². The minimum Gasteiger partial charge on any atom is -0.545 e. The average Bonchev–Trinajstić information content (AvgIpc) is 3.12. The zero-order valence-electron chi connectivity index (χ0n) is 35.3. The summed E-state index contributed by atoms with van der Waals surface area (Å²) in [6, 6.07) is 0. The number of rotatable bonds is 39. The van der Waals surface area contributed by atoms with Crippen LogP contribution in [0.15, 0.2) is 36.5 Å². The van der Waals surface area contributed by atoms with Gasteiger partial charge in [-0.25, -0.2) is 0 Å². The quantitative estimate of drug-likeness (QED) is 0.0200. The van der Waals surface area contributed by atoms with E-state index >= 15 is 0 Å². The molecule has 9 nitrogen and oxygen atoms in total. The van der Waals surface area contributed by atoms with Crippen LogP contribution in [0.5, 0.6) is 0 Å². The van der Waals surface area contributed by atoms with Gasteiger partial charge in [-0.1, -0.05) is 127 Å². The molecule has 9 heteroatoms. The van der Waals surface area contributed by atoms with Crippen LogP contribution < -0.4 is 5.11 Å². The molecule has 0 saturated carbocycles. The number of nitrogens with zero attached hydrogens (tertiary/aromatic N) is 1. The largest absolute Gasteiger partial charge is 0.545 e. The van der Waals surface area contributed by atoms with Crippen molar-refractivity contribution in [2.24, 2.45) is 0 Å². The highest BCUT2D eigenvalue weighted by Gasteiger charge is 2.21. The van der Waals surface area contributed by atoms with Crippen LogP contribution in [-0.2, 0) is 33.3 Å². The van der Waals surface area contributed by atoms with Gasteiger partial charge < -0.3 is 33.3 Å². The normalized spacial score (nSPS) is 13.3. The monoisotopic (exact) mass is 764 g/mol. The predicted octanol–water partition coefficient (Wildman–Crippen LogP) is 9.72. The van der Waals surface area contributed by atoms with Crippen molar-refractivity contribution in [1.29, 1.82) is 0 Å². The van der Waals surface area contributed by atoms with Crippen molar-refractivity contribution in [2.45, 2.75) is 187 Å². The summed E-state index contributed by atoms with van der Waals surface area (Å²) >= 11 is 0. The maximum Gasteiger partial charge on any atom is 0.306 e. The Morgan fingerprint density at radius 3 is 1.48 bits per heavy atom. The number of ether oxygens (including phenoxy) is 4. The van der Waals surface area contributed by atoms with E-state index in [0.29, 0.717) is 17.4 Å². The van der Waals surface area contributed by atoms with E-state index in [0.717, 1.165) is 70.6 Å². The molecule has 0 aromatic heterocycles. The summed E-state index contributed by atoms with van der Waals surface area (Å²) in [5.41, 5.74) is 0. The second-order valence-corrected chi connectivity index (χ2v) is 15.6. The van der Waals surface area contributed by atoms with Crippen LogP contribution in [0.4, 0.5) is 0 Å². The molecule has 0 aliphatic rings. The fourth-order valence-corrected chi connectivity index (χ4v) is 5.68. The van der Waals surface area contributed by atoms with Crippen molar-refractivity contribution in [3.63, 3.8) is 0 Å². The first-order valence-corrected chi connectivity index (χ1v) is 21.6. The number of unbranched alkanes of at least 4 members (excludes halogenated alkanes) is 18. The van der Waals surface area contributed by atoms with Crippen LogP contribution >= 0.6 is 0 Å². The molecule has 54 heavy (non-hydrogen) atoms. The van der Waals surface area contributed by atoms with E-state index in [9.17, 15) is 19.5 Å². The molecular formula is C45H81NO8. The maximum absolute atomic E-state index is 12.7. The Morgan fingerprint density at radius 2 is 1.00 bits per heavy atom. The summed E-state index contributed by atoms with van der Waals surface area (Å²) in [6.07, 6.45) is 37.4. The molecule has 0 aliphatic heterocycles. The number of likely N-dealkylation sites (N-methyl/N-ethyl adjacent to an activating group) is 1. The van der Waals surface area contributed by atoms with E-state index < -0.39 is 24.3 Å². The van der Waals surface area contributed by atoms with Crippen LogP contribution in [0.2, 0.25) is 0 Å². The molecule has 0 heterocycles. The fourth-order valence-electron chi connectivity index (χ4n) is 5.68. The van der Waals surface area contributed by atoms with Crippen LogP contribution in [-0.4, -0.2) is 82.3 Å². The SMILES string of the molecule is CCCCC/C=C\C/C=C\CCCCCCCCCC(=O)OC(COC(=O)CCCCCCC/C=C\CCCCC)COC(OCC[N+](C)(C)C)C(=O)[O-]. The summed E-state index contributed by atoms with van der Waals surface area (Å²) in [5, 5.41) is 11.7. The van der Waals surface area contributed by atoms with E-state index in [2.05, 4.69) is 50.3 Å². The van der Waals surface area contributed by atoms with Gasteiger partial charge in [0.25, 0.3) is 0 Å². The van der Waals surface area contributed by atoms with Crippen LogP contribution in [0.3, 0.4) is 0 Å². The van der Waals surface area contributed by atoms with E-state index in [-0.39, 0.29) is 38.6 Å². The van der Waals surface area contributed by atoms with Gasteiger partial charge in [-0.15, -0.1) is 0 Å². The first kappa shape index (κ1) is 51.5. The van der Waals surface area contributed by atoms with Gasteiger partial charge in [0.05, 0.1) is 40.3 Å². The number of hydrogen-bond donors (Lipinski definition) is 0. The first-order valence-electron chi connectivity index (χ1n) is 21.6. The Hall–Kier alpha value is -2.49. The van der Waals surface area contributed by atoms with E-state index in [1.807, 2.05) is 21.1 Å². The summed E-state index contributed by atoms with van der Waals surface area (Å²) in [4.78, 5) is 36.9. The predicted molar refractivity (Wildman–Crippen MR) is 219 cm³/mol. The first-order chi connectivity index (χ1) is 26.1. The van der Waals surface area contributed by atoms with E-state index in [4.69, 9.17) is 18.9 Å². The molecule has 0 bridgehead atoms. The van der Waals surface area contributed by atoms with Crippen LogP contribution in [0.25, 0.3) is 0 Å². The molecule has 0 aromatic carbocycles. The second kappa shape index (κ2) is 37.4. The summed E-state index contributed by atoms with van der Waals surface area (Å²) in [5.74, 6) is -2.31. The Morgan fingerprint density at radius 1 is 0.556 bits per heavy atom. The fraction of sp³-hybridized carbons (Fsp3) is 0.800. The summed E-state index contributed by atoms with van der Waals surface area (Å²) in [6.45, 7) is 4.66. The molecule has 0 amide bonds. The second-order valence-electron chi connectivity index (χ2n) is 15.6. The van der Waals surface area contributed by atoms with Crippen LogP contribution in [0, 0.1) is 0 Å². The lowest BCUT2D eigenvalue weighted by molar-refractivity contribution is -0.870. The van der Waals surface area contributed by atoms with E-state index in [1.54, 1.807) is 0 Å². The number of carbonyl (C=O) groups is 3. The number of esters is 2. The highest BCUT2D eigenvalue weighted by molar-refractivity contribution is 5.70. The van der Waals surface area contributed by atoms with Crippen molar-refractivity contribution < 1.29 is 42.9 Å². The highest BCUT2D eigenvalue weighted by atomic mass is 16.7. The summed E-state index contributed by atoms with van der Waals surface area (Å²) < 4.78 is 22.5. The average molecular weight is 764 g/mol. The zero-order chi connectivity index (χ0) is 40.0. The van der Waals surface area contributed by atoms with Gasteiger partial charge in [0.1, 0.15) is 13.2 Å². The van der Waals surface area contributed by atoms with Crippen LogP contribution in [0.1, 0.15) is 174 Å². The topological polar surface area (TPSA) is 111 Å². The zero-order valence-corrected chi connectivity index (χ0v) is 35.3. The lowest BCUT2D eigenvalue weighted by Crippen LogP contribution is -2.44. The van der Waals surface area contributed by atoms with Gasteiger partial charge in [-0.3, -0.25) is 9.59 Å². The molecule has 0 N–H and O–H groups in total. The minimum atomic E-state index is -1.62. The number of carboxylic acids is 1. The van der Waals surface area contributed by atoms with Gasteiger partial charge in [-0.05, 0) is 70.6 Å². The molecule has 0 saturated heterocycles. The van der Waals surface area contributed by atoms with Gasteiger partial charge in [0.15, 0.2) is 12.4 Å². The Kier molecular flexibility index (Phi) is 35.7. The molecule has 2 atom stereocenters. The molecule has 0 aromatic rings. The van der Waals surface area contributed by atoms with Crippen molar-refractivity contribution in [2.75, 3.05) is 47.5 Å². The molecule has 314 valence electrons. The molecule has 0 aliphatic carbocycles.